The summed E-state index contributed by atoms with van der Waals surface area (Å²) in [5.74, 6) is -0.375. The molecule has 0 amide bonds. The minimum Gasteiger partial charge on any atom is -0.512 e. The third-order valence-electron chi connectivity index (χ3n) is 18.4. The van der Waals surface area contributed by atoms with Crippen LogP contribution in [-0.4, -0.2) is 100 Å². The Bertz CT molecular complexity index is 6900. The van der Waals surface area contributed by atoms with Gasteiger partial charge in [-0.2, -0.15) is 30.3 Å². The summed E-state index contributed by atoms with van der Waals surface area (Å²) >= 11 is 1.73. The molecule has 0 atom stereocenters. The van der Waals surface area contributed by atoms with Crippen LogP contribution >= 0.6 is 11.3 Å². The third-order valence-corrected chi connectivity index (χ3v) is 19.5. The SMILES string of the molecule is CC(=O)C=C(C)O.CC(=O)C=C(C)O.CC(=O)C=C(C)O.CC(=O)C=C(C)O.CC(=O)C=C(C)O.CC(=O)C=C(C)O.Cc1cc2ccccc2nc1-c1[c-]cccc1.Cc1cncc(-c2ccccc2-c2c[c-]ccc2)n1.[Ir].[Ir].[Ir].[Ir].[Ir].[Ir].[c-]1c(-c2ccccn2)sc2ccccc12.[c-]1ccccc1-c1ccc2ccccc2n1.[c-]1ccccc1-c1nccc2ccccc12.[c-]1ccccc1-c1nccc2ccccc12. The van der Waals surface area contributed by atoms with Crippen LogP contribution in [0.2, 0.25) is 0 Å². The molecule has 11 aromatic carbocycles. The molecule has 0 aliphatic heterocycles. The number of rotatable bonds is 13. The molecular formula is C121H111Ir6N7O12S-6. The zero-order chi connectivity index (χ0) is 102. The van der Waals surface area contributed by atoms with E-state index in [2.05, 4.69) is 158 Å². The van der Waals surface area contributed by atoms with Gasteiger partial charge in [0.1, 0.15) is 0 Å². The second-order valence-corrected chi connectivity index (χ2v) is 32.2. The van der Waals surface area contributed by atoms with Gasteiger partial charge in [0.2, 0.25) is 0 Å². The monoisotopic (exact) mass is 3040 g/mol. The molecule has 0 bridgehead atoms. The Morgan fingerprint density at radius 3 is 1.10 bits per heavy atom. The molecule has 0 aliphatic carbocycles. The number of aliphatic hydroxyl groups excluding tert-OH is 6. The van der Waals surface area contributed by atoms with Crippen molar-refractivity contribution in [1.29, 1.82) is 0 Å². The maximum atomic E-state index is 10.0. The fourth-order valence-corrected chi connectivity index (χ4v) is 13.9. The number of nitrogens with zero attached hydrogens (tertiary/aromatic N) is 7. The summed E-state index contributed by atoms with van der Waals surface area (Å²) in [6, 6.07) is 125. The summed E-state index contributed by atoms with van der Waals surface area (Å²) in [5, 5.41) is 58.5. The number of allylic oxidation sites excluding steroid dienone is 12. The van der Waals surface area contributed by atoms with Crippen LogP contribution in [0, 0.1) is 50.2 Å². The normalized spacial score (nSPS) is 10.4. The van der Waals surface area contributed by atoms with E-state index in [9.17, 15) is 28.8 Å². The van der Waals surface area contributed by atoms with Crippen molar-refractivity contribution >= 4 is 99.5 Å². The van der Waals surface area contributed by atoms with Crippen LogP contribution in [0.15, 0.2) is 417 Å². The van der Waals surface area contributed by atoms with Crippen LogP contribution in [0.25, 0.3) is 131 Å². The standard InChI is InChI=1S/C17H13N2.C16H12N.3C15H10N.C13H8NS.6C5H8O2.6Ir/c1-13-11-18-12-17(19-13)16-10-6-5-9-15(16)14-7-3-2-4-8-14;1-12-11-14-9-5-6-10-15(14)17-16(12)13-7-3-2-4-8-13;2*1-2-7-13(8-3-1)15-14-9-5-4-6-12(14)10-11-16-15;1-2-6-12(7-3-1)15-11-10-13-8-4-5-9-14(13)16-15;1-2-7-12-10(5-1)9-13(15-12)11-6-3-4-8-14-11;6*1-4(6)3-5(2)7;;;;;;/h2-3,5-12H,1H3;2-7,9-11H,1H3;2*1-7,9-11H;1-6,8-11H;1-8H;6*3,6H,1-2H3;;;;;;/q6*-1;;;;;;;;;;;;. The first-order valence-corrected chi connectivity index (χ1v) is 45.3. The number of hydrogen-bond donors (Lipinski definition) is 6. The summed E-state index contributed by atoms with van der Waals surface area (Å²) in [6.07, 6.45) is 16.1. The molecule has 0 unspecified atom stereocenters. The Labute approximate surface area is 945 Å². The summed E-state index contributed by atoms with van der Waals surface area (Å²) < 4.78 is 1.26. The van der Waals surface area contributed by atoms with Crippen molar-refractivity contribution < 1.29 is 180 Å². The fraction of sp³-hybridized carbons (Fsp3) is 0.116. The van der Waals surface area contributed by atoms with Crippen LogP contribution < -0.4 is 0 Å². The van der Waals surface area contributed by atoms with Crippen molar-refractivity contribution in [3.05, 3.63) is 465 Å². The zero-order valence-corrected chi connectivity index (χ0v) is 98.2. The smallest absolute Gasteiger partial charge is 0.155 e. The molecule has 0 fully saturated rings. The number of fused-ring (bicyclic) bond motifs is 5. The maximum absolute atomic E-state index is 10.0. The number of aromatic nitrogens is 7. The molecule has 19 nitrogen and oxygen atoms in total. The Balaban J connectivity index is 0.000000815. The molecule has 6 N–H and O–H groups in total. The van der Waals surface area contributed by atoms with Crippen LogP contribution in [-0.2, 0) is 149 Å². The van der Waals surface area contributed by atoms with Gasteiger partial charge >= 0.3 is 0 Å². The van der Waals surface area contributed by atoms with Crippen LogP contribution in [0.1, 0.15) is 94.3 Å². The van der Waals surface area contributed by atoms with Gasteiger partial charge in [-0.05, 0) is 197 Å². The van der Waals surface area contributed by atoms with Gasteiger partial charge in [-0.25, -0.2) is 16.3 Å². The number of thiophene rings is 1. The van der Waals surface area contributed by atoms with Crippen molar-refractivity contribution in [2.75, 3.05) is 0 Å². The Morgan fingerprint density at radius 1 is 0.306 bits per heavy atom. The van der Waals surface area contributed by atoms with E-state index in [1.807, 2.05) is 256 Å². The molecule has 0 spiro atoms. The van der Waals surface area contributed by atoms with Crippen molar-refractivity contribution in [2.45, 2.75) is 96.9 Å². The van der Waals surface area contributed by atoms with E-state index < -0.39 is 0 Å². The molecule has 7 heterocycles. The molecule has 0 saturated heterocycles. The topological polar surface area (TPSA) is 314 Å². The van der Waals surface area contributed by atoms with Gasteiger partial charge in [0, 0.05) is 188 Å². The Kier molecular flexibility index (Phi) is 64.9. The van der Waals surface area contributed by atoms with E-state index in [4.69, 9.17) is 35.6 Å². The van der Waals surface area contributed by atoms with Crippen molar-refractivity contribution in [3.8, 4) is 78.0 Å². The maximum Gasteiger partial charge on any atom is 0.155 e. The quantitative estimate of drug-likeness (QED) is 0.0355. The predicted octanol–water partition coefficient (Wildman–Crippen LogP) is 29.0. The average molecular weight is 3040 g/mol. The minimum atomic E-state index is -0.125. The molecule has 18 aromatic rings. The van der Waals surface area contributed by atoms with Gasteiger partial charge in [0.15, 0.2) is 34.7 Å². The Morgan fingerprint density at radius 2 is 0.694 bits per heavy atom. The number of carbonyl (C=O) groups is 6. The van der Waals surface area contributed by atoms with Gasteiger partial charge in [-0.15, -0.1) is 173 Å². The zero-order valence-electron chi connectivity index (χ0n) is 83.0. The molecule has 0 aliphatic rings. The molecular weight excluding hydrogens is 2930 g/mol. The number of hydrogen-bond acceptors (Lipinski definition) is 20. The summed E-state index contributed by atoms with van der Waals surface area (Å²) in [7, 11) is 0. The van der Waals surface area contributed by atoms with Gasteiger partial charge in [-0.1, -0.05) is 163 Å². The largest absolute Gasteiger partial charge is 0.512 e. The van der Waals surface area contributed by atoms with Crippen LogP contribution in [0.4, 0.5) is 0 Å². The average Bonchev–Trinajstić information content (AvgIpc) is 1.81. The number of benzene rings is 11. The second kappa shape index (κ2) is 72.6. The number of carbonyl (C=O) groups excluding carboxylic acids is 6. The van der Waals surface area contributed by atoms with E-state index >= 15 is 0 Å². The Hall–Kier alpha value is -13.6. The summed E-state index contributed by atoms with van der Waals surface area (Å²) in [5.41, 5.74) is 17.6. The molecule has 7 aromatic heterocycles. The number of aliphatic hydroxyl groups is 6. The number of ketones is 6. The molecule has 768 valence electrons. The van der Waals surface area contributed by atoms with E-state index in [-0.39, 0.29) is 190 Å². The molecule has 26 heteroatoms. The van der Waals surface area contributed by atoms with E-state index in [0.29, 0.717) is 0 Å². The first-order chi connectivity index (χ1) is 67.7. The van der Waals surface area contributed by atoms with Crippen LogP contribution in [0.5, 0.6) is 0 Å². The summed E-state index contributed by atoms with van der Waals surface area (Å²) in [4.78, 5) is 92.5. The van der Waals surface area contributed by atoms with Crippen molar-refractivity contribution in [3.63, 3.8) is 0 Å². The molecule has 147 heavy (non-hydrogen) atoms. The first kappa shape index (κ1) is 131. The van der Waals surface area contributed by atoms with Crippen molar-refractivity contribution in [2.24, 2.45) is 0 Å². The van der Waals surface area contributed by atoms with E-state index in [1.165, 1.54) is 168 Å². The number of pyridine rings is 5. The van der Waals surface area contributed by atoms with Crippen LogP contribution in [0.3, 0.4) is 0 Å². The van der Waals surface area contributed by atoms with Crippen molar-refractivity contribution in [1.82, 2.24) is 34.9 Å². The van der Waals surface area contributed by atoms with Gasteiger partial charge in [0.25, 0.3) is 0 Å². The first-order valence-electron chi connectivity index (χ1n) is 44.4. The fourth-order valence-electron chi connectivity index (χ4n) is 13.0. The molecule has 18 rings (SSSR count). The minimum absolute atomic E-state index is 0. The number of para-hydroxylation sites is 2. The van der Waals surface area contributed by atoms with Gasteiger partial charge in [-0.3, -0.25) is 43.7 Å². The summed E-state index contributed by atoms with van der Waals surface area (Å²) in [6.45, 7) is 21.1. The second-order valence-electron chi connectivity index (χ2n) is 31.1. The number of aryl methyl sites for hydroxylation is 2. The molecule has 0 saturated carbocycles. The predicted molar refractivity (Wildman–Crippen MR) is 572 cm³/mol. The third kappa shape index (κ3) is 50.4. The van der Waals surface area contributed by atoms with E-state index in [1.54, 1.807) is 23.7 Å². The van der Waals surface area contributed by atoms with Gasteiger partial charge < -0.3 is 45.6 Å². The molecule has 6 radical (unpaired) electrons. The van der Waals surface area contributed by atoms with Gasteiger partial charge in [0.05, 0.1) is 63.2 Å². The van der Waals surface area contributed by atoms with E-state index in [0.717, 1.165) is 94.7 Å².